The number of hydrogen-bond acceptors (Lipinski definition) is 4. The molecule has 0 aromatic carbocycles. The van der Waals surface area contributed by atoms with E-state index in [9.17, 15) is 22.8 Å². The molecule has 5 nitrogen and oxygen atoms in total. The first-order chi connectivity index (χ1) is 7.81. The minimum Gasteiger partial charge on any atom is -0.480 e. The van der Waals surface area contributed by atoms with E-state index in [2.05, 4.69) is 4.74 Å². The van der Waals surface area contributed by atoms with Gasteiger partial charge in [-0.1, -0.05) is 0 Å². The SMILES string of the molecule is O=C(O)[C@@H]1CSCN1C(=O)COCC(F)(F)F. The third-order valence-corrected chi connectivity index (χ3v) is 2.99. The molecule has 0 unspecified atom stereocenters. The third kappa shape index (κ3) is 4.43. The van der Waals surface area contributed by atoms with Gasteiger partial charge in [-0.2, -0.15) is 13.2 Å². The Morgan fingerprint density at radius 2 is 2.12 bits per heavy atom. The number of carboxylic acid groups (broad SMARTS) is 1. The molecule has 0 bridgehead atoms. The average Bonchev–Trinajstić information content (AvgIpc) is 2.63. The van der Waals surface area contributed by atoms with Crippen LogP contribution in [0.2, 0.25) is 0 Å². The Morgan fingerprint density at radius 1 is 1.47 bits per heavy atom. The molecule has 1 N–H and O–H groups in total. The molecule has 0 radical (unpaired) electrons. The van der Waals surface area contributed by atoms with E-state index in [0.717, 1.165) is 4.90 Å². The van der Waals surface area contributed by atoms with Crippen LogP contribution in [0.1, 0.15) is 0 Å². The van der Waals surface area contributed by atoms with E-state index < -0.39 is 37.3 Å². The summed E-state index contributed by atoms with van der Waals surface area (Å²) < 4.78 is 39.4. The largest absolute Gasteiger partial charge is 0.480 e. The number of rotatable bonds is 4. The molecule has 1 atom stereocenters. The van der Waals surface area contributed by atoms with Crippen molar-refractivity contribution in [3.8, 4) is 0 Å². The lowest BCUT2D eigenvalue weighted by atomic mass is 10.3. The number of aliphatic carboxylic acids is 1. The van der Waals surface area contributed by atoms with Crippen LogP contribution in [-0.2, 0) is 14.3 Å². The summed E-state index contributed by atoms with van der Waals surface area (Å²) in [5.41, 5.74) is 0. The molecule has 0 aromatic heterocycles. The van der Waals surface area contributed by atoms with Gasteiger partial charge in [0.2, 0.25) is 5.91 Å². The maximum Gasteiger partial charge on any atom is 0.411 e. The van der Waals surface area contributed by atoms with Crippen LogP contribution >= 0.6 is 11.8 Å². The normalized spacial score (nSPS) is 20.6. The van der Waals surface area contributed by atoms with Crippen LogP contribution in [0.15, 0.2) is 0 Å². The summed E-state index contributed by atoms with van der Waals surface area (Å²) in [7, 11) is 0. The van der Waals surface area contributed by atoms with Gasteiger partial charge in [-0.3, -0.25) is 4.79 Å². The molecule has 0 spiro atoms. The van der Waals surface area contributed by atoms with E-state index in [1.807, 2.05) is 0 Å². The molecule has 1 fully saturated rings. The Labute approximate surface area is 98.9 Å². The molecule has 1 rings (SSSR count). The van der Waals surface area contributed by atoms with Gasteiger partial charge in [-0.15, -0.1) is 11.8 Å². The van der Waals surface area contributed by atoms with Gasteiger partial charge in [0.15, 0.2) is 0 Å². The standard InChI is InChI=1S/C8H10F3NO4S/c9-8(10,11)3-16-1-6(13)12-4-17-2-5(12)7(14)15/h5H,1-4H2,(H,14,15)/t5-/m0/s1. The molecule has 1 heterocycles. The molecular formula is C8H10F3NO4S. The fourth-order valence-corrected chi connectivity index (χ4v) is 2.40. The summed E-state index contributed by atoms with van der Waals surface area (Å²) in [5.74, 6) is -1.52. The van der Waals surface area contributed by atoms with Crippen LogP contribution in [0.25, 0.3) is 0 Å². The Morgan fingerprint density at radius 3 is 2.65 bits per heavy atom. The van der Waals surface area contributed by atoms with Crippen molar-refractivity contribution in [2.75, 3.05) is 24.8 Å². The Kier molecular flexibility index (Phi) is 4.63. The zero-order valence-electron chi connectivity index (χ0n) is 8.57. The van der Waals surface area contributed by atoms with E-state index in [4.69, 9.17) is 5.11 Å². The number of thioether (sulfide) groups is 1. The molecule has 98 valence electrons. The second kappa shape index (κ2) is 5.58. The molecule has 1 aliphatic heterocycles. The number of carbonyl (C=O) groups excluding carboxylic acids is 1. The summed E-state index contributed by atoms with van der Waals surface area (Å²) in [5, 5.41) is 8.76. The molecule has 1 amide bonds. The zero-order chi connectivity index (χ0) is 13.1. The smallest absolute Gasteiger partial charge is 0.411 e. The topological polar surface area (TPSA) is 66.8 Å². The van der Waals surface area contributed by atoms with E-state index in [0.29, 0.717) is 0 Å². The predicted octanol–water partition coefficient (Wildman–Crippen LogP) is 0.551. The van der Waals surface area contributed by atoms with Crippen molar-refractivity contribution in [1.82, 2.24) is 4.90 Å². The van der Waals surface area contributed by atoms with Crippen molar-refractivity contribution >= 4 is 23.6 Å². The van der Waals surface area contributed by atoms with Gasteiger partial charge in [0.25, 0.3) is 0 Å². The highest BCUT2D eigenvalue weighted by Gasteiger charge is 2.35. The Hall–Kier alpha value is -0.960. The molecule has 0 saturated carbocycles. The summed E-state index contributed by atoms with van der Waals surface area (Å²) >= 11 is 1.23. The fraction of sp³-hybridized carbons (Fsp3) is 0.750. The second-order valence-electron chi connectivity index (χ2n) is 3.33. The highest BCUT2D eigenvalue weighted by molar-refractivity contribution is 7.99. The fourth-order valence-electron chi connectivity index (χ4n) is 1.23. The molecule has 1 saturated heterocycles. The maximum absolute atomic E-state index is 11.7. The van der Waals surface area contributed by atoms with Crippen LogP contribution in [0, 0.1) is 0 Å². The lowest BCUT2D eigenvalue weighted by Crippen LogP contribution is -2.43. The van der Waals surface area contributed by atoms with Gasteiger partial charge < -0.3 is 14.7 Å². The van der Waals surface area contributed by atoms with Crippen LogP contribution in [0.5, 0.6) is 0 Å². The maximum atomic E-state index is 11.7. The van der Waals surface area contributed by atoms with E-state index in [1.165, 1.54) is 11.8 Å². The van der Waals surface area contributed by atoms with Gasteiger partial charge in [-0.05, 0) is 0 Å². The number of halogens is 3. The van der Waals surface area contributed by atoms with Crippen LogP contribution in [-0.4, -0.2) is 58.9 Å². The Balaban J connectivity index is 2.40. The molecule has 0 aliphatic carbocycles. The third-order valence-electron chi connectivity index (χ3n) is 1.98. The lowest BCUT2D eigenvalue weighted by Gasteiger charge is -2.20. The Bertz CT molecular complexity index is 310. The van der Waals surface area contributed by atoms with E-state index in [-0.39, 0.29) is 11.6 Å². The first-order valence-electron chi connectivity index (χ1n) is 4.56. The monoisotopic (exact) mass is 273 g/mol. The number of carboxylic acids is 1. The zero-order valence-corrected chi connectivity index (χ0v) is 9.38. The molecular weight excluding hydrogens is 263 g/mol. The summed E-state index contributed by atoms with van der Waals surface area (Å²) in [6.45, 7) is -2.28. The van der Waals surface area contributed by atoms with E-state index >= 15 is 0 Å². The van der Waals surface area contributed by atoms with Gasteiger partial charge in [0, 0.05) is 5.75 Å². The van der Waals surface area contributed by atoms with Gasteiger partial charge in [0.1, 0.15) is 19.3 Å². The van der Waals surface area contributed by atoms with Gasteiger partial charge >= 0.3 is 12.1 Å². The first kappa shape index (κ1) is 14.1. The quantitative estimate of drug-likeness (QED) is 0.810. The summed E-state index contributed by atoms with van der Waals surface area (Å²) in [6.07, 6.45) is -4.49. The molecule has 17 heavy (non-hydrogen) atoms. The van der Waals surface area contributed by atoms with Crippen molar-refractivity contribution < 1.29 is 32.6 Å². The van der Waals surface area contributed by atoms with Crippen molar-refractivity contribution in [3.63, 3.8) is 0 Å². The van der Waals surface area contributed by atoms with E-state index in [1.54, 1.807) is 0 Å². The number of carbonyl (C=O) groups is 2. The lowest BCUT2D eigenvalue weighted by molar-refractivity contribution is -0.178. The minimum absolute atomic E-state index is 0.158. The molecule has 0 aromatic rings. The van der Waals surface area contributed by atoms with Gasteiger partial charge in [0.05, 0.1) is 5.88 Å². The minimum atomic E-state index is -4.49. The average molecular weight is 273 g/mol. The number of nitrogens with zero attached hydrogens (tertiary/aromatic N) is 1. The van der Waals surface area contributed by atoms with Crippen molar-refractivity contribution in [2.24, 2.45) is 0 Å². The number of amides is 1. The molecule has 1 aliphatic rings. The highest BCUT2D eigenvalue weighted by atomic mass is 32.2. The molecule has 9 heteroatoms. The van der Waals surface area contributed by atoms with Crippen molar-refractivity contribution in [1.29, 1.82) is 0 Å². The van der Waals surface area contributed by atoms with Gasteiger partial charge in [-0.25, -0.2) is 4.79 Å². The van der Waals surface area contributed by atoms with Crippen LogP contribution < -0.4 is 0 Å². The van der Waals surface area contributed by atoms with Crippen LogP contribution in [0.4, 0.5) is 13.2 Å². The van der Waals surface area contributed by atoms with Crippen LogP contribution in [0.3, 0.4) is 0 Å². The second-order valence-corrected chi connectivity index (χ2v) is 4.33. The summed E-state index contributed by atoms with van der Waals surface area (Å²) in [4.78, 5) is 23.1. The predicted molar refractivity (Wildman–Crippen MR) is 52.5 cm³/mol. The number of hydrogen-bond donors (Lipinski definition) is 1. The van der Waals surface area contributed by atoms with Crippen molar-refractivity contribution in [2.45, 2.75) is 12.2 Å². The number of ether oxygens (including phenoxy) is 1. The highest BCUT2D eigenvalue weighted by Crippen LogP contribution is 2.21. The summed E-state index contributed by atoms with van der Waals surface area (Å²) in [6, 6.07) is -0.984. The number of alkyl halides is 3. The first-order valence-corrected chi connectivity index (χ1v) is 5.71. The van der Waals surface area contributed by atoms with Crippen molar-refractivity contribution in [3.05, 3.63) is 0 Å².